The van der Waals surface area contributed by atoms with Crippen LogP contribution in [0.3, 0.4) is 0 Å². The fourth-order valence-corrected chi connectivity index (χ4v) is 9.03. The number of piperazine rings is 1. The zero-order valence-electron chi connectivity index (χ0n) is 31.1. The Labute approximate surface area is 297 Å². The summed E-state index contributed by atoms with van der Waals surface area (Å²) < 4.78 is 17.1. The van der Waals surface area contributed by atoms with Crippen LogP contribution in [0.2, 0.25) is 0 Å². The molecule has 8 nitrogen and oxygen atoms in total. The molecule has 0 aromatic rings. The Kier molecular flexibility index (Phi) is 17.7. The van der Waals surface area contributed by atoms with Gasteiger partial charge in [0.15, 0.2) is 0 Å². The van der Waals surface area contributed by atoms with Crippen LogP contribution < -0.4 is 0 Å². The number of carbonyl (C=O) groups excluding carboxylic acids is 3. The van der Waals surface area contributed by atoms with Crippen molar-refractivity contribution in [3.63, 3.8) is 0 Å². The topological polar surface area (TPSA) is 85.4 Å². The van der Waals surface area contributed by atoms with Crippen LogP contribution >= 0.6 is 0 Å². The number of allylic oxidation sites excluding steroid dienone is 4. The molecule has 4 bridgehead atoms. The fourth-order valence-electron chi connectivity index (χ4n) is 9.03. The number of rotatable bonds is 24. The van der Waals surface area contributed by atoms with E-state index in [2.05, 4.69) is 48.1 Å². The van der Waals surface area contributed by atoms with Crippen molar-refractivity contribution in [1.82, 2.24) is 9.80 Å². The summed E-state index contributed by atoms with van der Waals surface area (Å²) in [7, 11) is 2.09. The lowest BCUT2D eigenvalue weighted by Crippen LogP contribution is -2.47. The molecule has 8 heteroatoms. The van der Waals surface area contributed by atoms with E-state index in [4.69, 9.17) is 14.2 Å². The number of esters is 3. The fraction of sp³-hybridized carbons (Fsp3) is 0.829. The number of hydrogen-bond acceptors (Lipinski definition) is 8. The van der Waals surface area contributed by atoms with E-state index in [1.54, 1.807) is 0 Å². The van der Waals surface area contributed by atoms with Crippen molar-refractivity contribution in [1.29, 1.82) is 0 Å². The van der Waals surface area contributed by atoms with Gasteiger partial charge >= 0.3 is 17.9 Å². The number of hydrogen-bond donors (Lipinski definition) is 0. The maximum Gasteiger partial charge on any atom is 0.320 e. The summed E-state index contributed by atoms with van der Waals surface area (Å²) in [6, 6.07) is 0. The molecule has 4 saturated carbocycles. The Bertz CT molecular complexity index is 1010. The lowest BCUT2D eigenvalue weighted by molar-refractivity contribution is -0.157. The number of unbranched alkanes of at least 4 members (excludes halogenated alkanes) is 8. The predicted molar refractivity (Wildman–Crippen MR) is 195 cm³/mol. The van der Waals surface area contributed by atoms with Crippen molar-refractivity contribution in [2.24, 2.45) is 29.1 Å². The zero-order chi connectivity index (χ0) is 34.7. The summed E-state index contributed by atoms with van der Waals surface area (Å²) in [4.78, 5) is 42.7. The SMILES string of the molecule is CCCCC/C=C\C/C=C\CCCCCCCC(=O)OCC(COC(=O)CN1CCN(C)CC1)COC(=O)CC12CC3CC(CC(C3)C1)C2. The quantitative estimate of drug-likeness (QED) is 0.0439. The summed E-state index contributed by atoms with van der Waals surface area (Å²) >= 11 is 0. The molecule has 0 spiro atoms. The number of nitrogens with zero attached hydrogens (tertiary/aromatic N) is 2. The molecule has 0 radical (unpaired) electrons. The minimum atomic E-state index is -0.370. The summed E-state index contributed by atoms with van der Waals surface area (Å²) in [5, 5.41) is 0. The van der Waals surface area contributed by atoms with Gasteiger partial charge in [-0.15, -0.1) is 0 Å². The third-order valence-electron chi connectivity index (χ3n) is 11.4. The minimum absolute atomic E-state index is 0.0776. The van der Waals surface area contributed by atoms with Crippen molar-refractivity contribution in [3.8, 4) is 0 Å². The van der Waals surface area contributed by atoms with E-state index in [1.807, 2.05) is 0 Å². The van der Waals surface area contributed by atoms with Crippen molar-refractivity contribution < 1.29 is 28.6 Å². The van der Waals surface area contributed by atoms with Crippen molar-refractivity contribution in [3.05, 3.63) is 24.3 Å². The van der Waals surface area contributed by atoms with Gasteiger partial charge in [0.1, 0.15) is 19.8 Å². The second-order valence-electron chi connectivity index (χ2n) is 16.1. The van der Waals surface area contributed by atoms with Crippen LogP contribution in [0, 0.1) is 29.1 Å². The van der Waals surface area contributed by atoms with Gasteiger partial charge in [0.05, 0.1) is 18.9 Å². The number of ether oxygens (including phenoxy) is 3. The average Bonchev–Trinajstić information content (AvgIpc) is 3.06. The molecular weight excluding hydrogens is 616 g/mol. The summed E-state index contributed by atoms with van der Waals surface area (Å²) in [5.41, 5.74) is 0.115. The van der Waals surface area contributed by atoms with Crippen LogP contribution in [0.25, 0.3) is 0 Å². The highest BCUT2D eigenvalue weighted by atomic mass is 16.6. The molecule has 49 heavy (non-hydrogen) atoms. The first-order valence-corrected chi connectivity index (χ1v) is 20.0. The van der Waals surface area contributed by atoms with Crippen molar-refractivity contribution >= 4 is 17.9 Å². The Morgan fingerprint density at radius 2 is 1.20 bits per heavy atom. The summed E-state index contributed by atoms with van der Waals surface area (Å²) in [5.74, 6) is 1.30. The van der Waals surface area contributed by atoms with E-state index in [1.165, 1.54) is 57.8 Å². The first kappa shape index (κ1) is 39.6. The Morgan fingerprint density at radius 3 is 1.82 bits per heavy atom. The maximum absolute atomic E-state index is 13.1. The Morgan fingerprint density at radius 1 is 0.673 bits per heavy atom. The highest BCUT2D eigenvalue weighted by Crippen LogP contribution is 2.61. The van der Waals surface area contributed by atoms with Gasteiger partial charge in [-0.05, 0) is 107 Å². The van der Waals surface area contributed by atoms with Gasteiger partial charge in [-0.25, -0.2) is 0 Å². The van der Waals surface area contributed by atoms with Gasteiger partial charge in [0.2, 0.25) is 0 Å². The molecule has 1 saturated heterocycles. The zero-order valence-corrected chi connectivity index (χ0v) is 31.1. The van der Waals surface area contributed by atoms with Gasteiger partial charge in [-0.2, -0.15) is 0 Å². The van der Waals surface area contributed by atoms with Crippen LogP contribution in [-0.2, 0) is 28.6 Å². The molecule has 1 aliphatic heterocycles. The minimum Gasteiger partial charge on any atom is -0.465 e. The second-order valence-corrected chi connectivity index (χ2v) is 16.1. The number of likely N-dealkylation sites (N-methyl/N-ethyl adjacent to an activating group) is 1. The Balaban J connectivity index is 1.10. The summed E-state index contributed by atoms with van der Waals surface area (Å²) in [6.45, 7) is 6.29. The van der Waals surface area contributed by atoms with Gasteiger partial charge in [-0.1, -0.05) is 63.3 Å². The molecule has 5 fully saturated rings. The van der Waals surface area contributed by atoms with E-state index in [0.29, 0.717) is 12.8 Å². The van der Waals surface area contributed by atoms with E-state index in [-0.39, 0.29) is 55.6 Å². The molecule has 0 N–H and O–H groups in total. The smallest absolute Gasteiger partial charge is 0.320 e. The van der Waals surface area contributed by atoms with Gasteiger partial charge in [-0.3, -0.25) is 19.3 Å². The first-order chi connectivity index (χ1) is 23.8. The third-order valence-corrected chi connectivity index (χ3v) is 11.4. The molecule has 4 aliphatic carbocycles. The molecule has 0 aromatic carbocycles. The first-order valence-electron chi connectivity index (χ1n) is 20.0. The van der Waals surface area contributed by atoms with E-state index in [0.717, 1.165) is 95.3 Å². The largest absolute Gasteiger partial charge is 0.465 e. The average molecular weight is 685 g/mol. The predicted octanol–water partition coefficient (Wildman–Crippen LogP) is 7.90. The molecule has 1 atom stereocenters. The normalized spacial score (nSPS) is 26.0. The van der Waals surface area contributed by atoms with Crippen LogP contribution in [0.1, 0.15) is 129 Å². The van der Waals surface area contributed by atoms with Gasteiger partial charge < -0.3 is 19.1 Å². The monoisotopic (exact) mass is 685 g/mol. The van der Waals surface area contributed by atoms with Gasteiger partial charge in [0, 0.05) is 32.6 Å². The highest BCUT2D eigenvalue weighted by molar-refractivity contribution is 5.72. The standard InChI is InChI=1S/C41H68N2O6/c1-3-4-5-6-7-8-9-10-11-12-13-14-15-16-17-18-38(44)47-31-37(33-49-40(46)30-43-21-19-42(2)20-22-43)32-48-39(45)29-41-26-34-23-35(27-41)25-36(24-34)28-41/h7-8,10-11,34-37H,3-6,9,12-33H2,1-2H3/b8-7-,11-10-. The Hall–Kier alpha value is -2.19. The van der Waals surface area contributed by atoms with Gasteiger partial charge in [0.25, 0.3) is 0 Å². The molecular formula is C41H68N2O6. The van der Waals surface area contributed by atoms with Crippen molar-refractivity contribution in [2.45, 2.75) is 129 Å². The molecule has 0 aromatic heterocycles. The van der Waals surface area contributed by atoms with Crippen LogP contribution in [0.5, 0.6) is 0 Å². The maximum atomic E-state index is 13.1. The number of carbonyl (C=O) groups is 3. The van der Waals surface area contributed by atoms with E-state index in [9.17, 15) is 14.4 Å². The molecule has 5 aliphatic rings. The lowest BCUT2D eigenvalue weighted by Gasteiger charge is -2.56. The molecule has 1 unspecified atom stereocenters. The lowest BCUT2D eigenvalue weighted by atomic mass is 9.49. The molecule has 0 amide bonds. The summed E-state index contributed by atoms with van der Waals surface area (Å²) in [6.07, 6.45) is 30.0. The van der Waals surface area contributed by atoms with E-state index >= 15 is 0 Å². The van der Waals surface area contributed by atoms with Crippen LogP contribution in [0.4, 0.5) is 0 Å². The van der Waals surface area contributed by atoms with Crippen LogP contribution in [-0.4, -0.2) is 87.3 Å². The van der Waals surface area contributed by atoms with Crippen molar-refractivity contribution in [2.75, 3.05) is 59.6 Å². The third kappa shape index (κ3) is 15.3. The molecule has 1 heterocycles. The second kappa shape index (κ2) is 21.9. The molecule has 278 valence electrons. The highest BCUT2D eigenvalue weighted by Gasteiger charge is 2.51. The van der Waals surface area contributed by atoms with E-state index < -0.39 is 0 Å². The van der Waals surface area contributed by atoms with Crippen LogP contribution in [0.15, 0.2) is 24.3 Å². The molecule has 5 rings (SSSR count).